The lowest BCUT2D eigenvalue weighted by atomic mass is 10.2. The molecule has 1 heterocycles. The van der Waals surface area contributed by atoms with Crippen LogP contribution < -0.4 is 5.32 Å². The molecule has 0 saturated heterocycles. The maximum Gasteiger partial charge on any atom is 0.265 e. The molecule has 2 aromatic rings. The van der Waals surface area contributed by atoms with Crippen molar-refractivity contribution in [1.82, 2.24) is 0 Å². The summed E-state index contributed by atoms with van der Waals surface area (Å²) in [6.45, 7) is 4.07. The first-order valence-electron chi connectivity index (χ1n) is 5.76. The van der Waals surface area contributed by atoms with Crippen LogP contribution in [0.15, 0.2) is 34.8 Å². The van der Waals surface area contributed by atoms with Crippen LogP contribution in [0, 0.1) is 6.92 Å². The molecule has 1 amide bonds. The third kappa shape index (κ3) is 3.00. The summed E-state index contributed by atoms with van der Waals surface area (Å²) in [5.74, 6) is -0.0408. The summed E-state index contributed by atoms with van der Waals surface area (Å²) in [6.07, 6.45) is 0.966. The van der Waals surface area contributed by atoms with Crippen molar-refractivity contribution in [3.63, 3.8) is 0 Å². The fraction of sp³-hybridized carbons (Fsp3) is 0.214. The van der Waals surface area contributed by atoms with Crippen LogP contribution in [0.25, 0.3) is 0 Å². The highest BCUT2D eigenvalue weighted by atomic mass is 79.9. The minimum atomic E-state index is -0.0408. The van der Waals surface area contributed by atoms with Crippen LogP contribution in [0.2, 0.25) is 0 Å². The molecule has 1 aromatic carbocycles. The SMILES string of the molecule is CCc1ccc(C(=O)Nc2cc(Br)ccc2C)s1. The van der Waals surface area contributed by atoms with E-state index >= 15 is 0 Å². The van der Waals surface area contributed by atoms with Crippen molar-refractivity contribution in [2.24, 2.45) is 0 Å². The number of nitrogens with one attached hydrogen (secondary N) is 1. The zero-order valence-corrected chi connectivity index (χ0v) is 12.7. The molecule has 0 aliphatic carbocycles. The summed E-state index contributed by atoms with van der Waals surface area (Å²) in [7, 11) is 0. The van der Waals surface area contributed by atoms with Gasteiger partial charge in [0.05, 0.1) is 4.88 Å². The number of amides is 1. The molecule has 18 heavy (non-hydrogen) atoms. The molecule has 0 bridgehead atoms. The summed E-state index contributed by atoms with van der Waals surface area (Å²) >= 11 is 4.96. The fourth-order valence-corrected chi connectivity index (χ4v) is 2.81. The molecular formula is C14H14BrNOS. The first-order valence-corrected chi connectivity index (χ1v) is 7.37. The zero-order chi connectivity index (χ0) is 13.1. The summed E-state index contributed by atoms with van der Waals surface area (Å²) in [5, 5.41) is 2.95. The van der Waals surface area contributed by atoms with E-state index in [1.54, 1.807) is 11.3 Å². The van der Waals surface area contributed by atoms with Crippen molar-refractivity contribution in [3.8, 4) is 0 Å². The molecule has 0 atom stereocenters. The standard InChI is InChI=1S/C14H14BrNOS/c1-3-11-6-7-13(18-11)14(17)16-12-8-10(15)5-4-9(12)2/h4-8H,3H2,1-2H3,(H,16,17). The molecule has 0 fully saturated rings. The minimum absolute atomic E-state index is 0.0408. The van der Waals surface area contributed by atoms with Gasteiger partial charge in [-0.25, -0.2) is 0 Å². The van der Waals surface area contributed by atoms with Gasteiger partial charge < -0.3 is 5.32 Å². The van der Waals surface area contributed by atoms with E-state index in [0.29, 0.717) is 0 Å². The molecule has 2 nitrogen and oxygen atoms in total. The van der Waals surface area contributed by atoms with E-state index in [0.717, 1.165) is 27.0 Å². The molecule has 0 radical (unpaired) electrons. The smallest absolute Gasteiger partial charge is 0.265 e. The second-order valence-electron chi connectivity index (χ2n) is 4.03. The van der Waals surface area contributed by atoms with Crippen LogP contribution in [0.5, 0.6) is 0 Å². The number of rotatable bonds is 3. The molecule has 2 rings (SSSR count). The molecule has 1 N–H and O–H groups in total. The number of hydrogen-bond donors (Lipinski definition) is 1. The van der Waals surface area contributed by atoms with Gasteiger partial charge in [0.15, 0.2) is 0 Å². The predicted molar refractivity (Wildman–Crippen MR) is 80.5 cm³/mol. The zero-order valence-electron chi connectivity index (χ0n) is 10.3. The normalized spacial score (nSPS) is 10.4. The van der Waals surface area contributed by atoms with Crippen LogP contribution >= 0.6 is 27.3 Å². The van der Waals surface area contributed by atoms with E-state index in [1.165, 1.54) is 4.88 Å². The molecule has 0 aliphatic rings. The lowest BCUT2D eigenvalue weighted by molar-refractivity contribution is 0.103. The van der Waals surface area contributed by atoms with E-state index in [4.69, 9.17) is 0 Å². The Morgan fingerprint density at radius 1 is 1.33 bits per heavy atom. The highest BCUT2D eigenvalue weighted by Crippen LogP contribution is 2.23. The number of aryl methyl sites for hydroxylation is 2. The Bertz CT molecular complexity index is 577. The Morgan fingerprint density at radius 3 is 2.78 bits per heavy atom. The minimum Gasteiger partial charge on any atom is -0.321 e. The van der Waals surface area contributed by atoms with Crippen molar-refractivity contribution >= 4 is 38.9 Å². The van der Waals surface area contributed by atoms with Crippen molar-refractivity contribution in [2.45, 2.75) is 20.3 Å². The molecule has 0 spiro atoms. The van der Waals surface area contributed by atoms with Gasteiger partial charge in [-0.2, -0.15) is 0 Å². The Labute approximate surface area is 119 Å². The lowest BCUT2D eigenvalue weighted by Gasteiger charge is -2.07. The van der Waals surface area contributed by atoms with Crippen molar-refractivity contribution in [3.05, 3.63) is 50.1 Å². The van der Waals surface area contributed by atoms with E-state index in [2.05, 4.69) is 28.2 Å². The van der Waals surface area contributed by atoms with E-state index in [-0.39, 0.29) is 5.91 Å². The van der Waals surface area contributed by atoms with Crippen molar-refractivity contribution in [2.75, 3.05) is 5.32 Å². The van der Waals surface area contributed by atoms with Crippen LogP contribution in [0.1, 0.15) is 27.0 Å². The molecule has 0 unspecified atom stereocenters. The Morgan fingerprint density at radius 2 is 2.11 bits per heavy atom. The van der Waals surface area contributed by atoms with Gasteiger partial charge in [0.25, 0.3) is 5.91 Å². The van der Waals surface area contributed by atoms with Gasteiger partial charge in [-0.15, -0.1) is 11.3 Å². The molecule has 94 valence electrons. The molecular weight excluding hydrogens is 310 g/mol. The number of benzene rings is 1. The van der Waals surface area contributed by atoms with Crippen LogP contribution in [0.4, 0.5) is 5.69 Å². The topological polar surface area (TPSA) is 29.1 Å². The molecule has 1 aromatic heterocycles. The van der Waals surface area contributed by atoms with Gasteiger partial charge in [-0.3, -0.25) is 4.79 Å². The van der Waals surface area contributed by atoms with Gasteiger partial charge in [0.2, 0.25) is 0 Å². The number of thiophene rings is 1. The quantitative estimate of drug-likeness (QED) is 0.876. The maximum absolute atomic E-state index is 12.1. The average Bonchev–Trinajstić information content (AvgIpc) is 2.82. The highest BCUT2D eigenvalue weighted by Gasteiger charge is 2.10. The van der Waals surface area contributed by atoms with Gasteiger partial charge in [0, 0.05) is 15.0 Å². The second kappa shape index (κ2) is 5.67. The third-order valence-corrected chi connectivity index (χ3v) is 4.40. The van der Waals surface area contributed by atoms with Gasteiger partial charge in [-0.1, -0.05) is 28.9 Å². The van der Waals surface area contributed by atoms with E-state index in [9.17, 15) is 4.79 Å². The maximum atomic E-state index is 12.1. The Kier molecular flexibility index (Phi) is 4.19. The summed E-state index contributed by atoms with van der Waals surface area (Å²) in [6, 6.07) is 9.75. The van der Waals surface area contributed by atoms with Crippen molar-refractivity contribution in [1.29, 1.82) is 0 Å². The number of anilines is 1. The number of carbonyl (C=O) groups excluding carboxylic acids is 1. The van der Waals surface area contributed by atoms with Gasteiger partial charge in [-0.05, 0) is 43.2 Å². The molecule has 0 aliphatic heterocycles. The molecule has 4 heteroatoms. The van der Waals surface area contributed by atoms with Crippen LogP contribution in [0.3, 0.4) is 0 Å². The summed E-state index contributed by atoms with van der Waals surface area (Å²) in [5.41, 5.74) is 1.90. The number of halogens is 1. The number of hydrogen-bond acceptors (Lipinski definition) is 2. The predicted octanol–water partition coefficient (Wildman–Crippen LogP) is 4.63. The van der Waals surface area contributed by atoms with Gasteiger partial charge in [0.1, 0.15) is 0 Å². The lowest BCUT2D eigenvalue weighted by Crippen LogP contribution is -2.11. The third-order valence-electron chi connectivity index (χ3n) is 2.68. The van der Waals surface area contributed by atoms with Gasteiger partial charge >= 0.3 is 0 Å². The monoisotopic (exact) mass is 323 g/mol. The first-order chi connectivity index (χ1) is 8.60. The largest absolute Gasteiger partial charge is 0.321 e. The average molecular weight is 324 g/mol. The van der Waals surface area contributed by atoms with Crippen LogP contribution in [-0.2, 0) is 6.42 Å². The van der Waals surface area contributed by atoms with E-state index < -0.39 is 0 Å². The van der Waals surface area contributed by atoms with Crippen molar-refractivity contribution < 1.29 is 4.79 Å². The fourth-order valence-electron chi connectivity index (χ4n) is 1.60. The summed E-state index contributed by atoms with van der Waals surface area (Å²) < 4.78 is 0.962. The Hall–Kier alpha value is -1.13. The number of carbonyl (C=O) groups is 1. The second-order valence-corrected chi connectivity index (χ2v) is 6.12. The van der Waals surface area contributed by atoms with Crippen LogP contribution in [-0.4, -0.2) is 5.91 Å². The Balaban J connectivity index is 2.18. The van der Waals surface area contributed by atoms with E-state index in [1.807, 2.05) is 37.3 Å². The molecule has 0 saturated carbocycles. The first kappa shape index (κ1) is 13.3. The highest BCUT2D eigenvalue weighted by molar-refractivity contribution is 9.10. The summed E-state index contributed by atoms with van der Waals surface area (Å²) in [4.78, 5) is 14.1.